The van der Waals surface area contributed by atoms with Crippen molar-refractivity contribution in [2.75, 3.05) is 12.4 Å². The molecule has 0 aromatic carbocycles. The molecule has 0 fully saturated rings. The summed E-state index contributed by atoms with van der Waals surface area (Å²) in [6.45, 7) is 0.648. The van der Waals surface area contributed by atoms with E-state index in [0.717, 1.165) is 5.56 Å². The molecule has 0 unspecified atom stereocenters. The second kappa shape index (κ2) is 6.58. The van der Waals surface area contributed by atoms with Crippen LogP contribution in [0.5, 0.6) is 0 Å². The van der Waals surface area contributed by atoms with Crippen molar-refractivity contribution in [3.63, 3.8) is 0 Å². The third kappa shape index (κ3) is 3.48. The Balaban J connectivity index is 2.12. The molecule has 20 heavy (non-hydrogen) atoms. The SMILES string of the molecule is COCc1nc(NCc2ccncc2)ncc1C(=O)O. The van der Waals surface area contributed by atoms with Gasteiger partial charge < -0.3 is 15.2 Å². The van der Waals surface area contributed by atoms with Gasteiger partial charge in [-0.2, -0.15) is 0 Å². The fraction of sp³-hybridized carbons (Fsp3) is 0.231. The van der Waals surface area contributed by atoms with Crippen molar-refractivity contribution in [1.82, 2.24) is 15.0 Å². The normalized spacial score (nSPS) is 10.2. The second-order valence-corrected chi connectivity index (χ2v) is 4.00. The van der Waals surface area contributed by atoms with Crippen molar-refractivity contribution in [2.24, 2.45) is 0 Å². The Morgan fingerprint density at radius 1 is 1.40 bits per heavy atom. The Bertz CT molecular complexity index is 589. The van der Waals surface area contributed by atoms with Crippen LogP contribution in [0.4, 0.5) is 5.95 Å². The van der Waals surface area contributed by atoms with Crippen LogP contribution in [-0.4, -0.2) is 33.1 Å². The summed E-state index contributed by atoms with van der Waals surface area (Å²) in [5, 5.41) is 12.1. The fourth-order valence-electron chi connectivity index (χ4n) is 1.61. The molecule has 0 amide bonds. The zero-order chi connectivity index (χ0) is 14.4. The van der Waals surface area contributed by atoms with E-state index in [1.807, 2.05) is 12.1 Å². The zero-order valence-corrected chi connectivity index (χ0v) is 10.9. The summed E-state index contributed by atoms with van der Waals surface area (Å²) in [6.07, 6.45) is 4.67. The van der Waals surface area contributed by atoms with E-state index in [0.29, 0.717) is 18.2 Å². The molecule has 0 bridgehead atoms. The minimum atomic E-state index is -1.07. The summed E-state index contributed by atoms with van der Waals surface area (Å²) < 4.78 is 4.95. The molecule has 104 valence electrons. The van der Waals surface area contributed by atoms with E-state index in [2.05, 4.69) is 20.3 Å². The summed E-state index contributed by atoms with van der Waals surface area (Å²) in [7, 11) is 1.48. The standard InChI is InChI=1S/C13H14N4O3/c1-20-8-11-10(12(18)19)7-16-13(17-11)15-6-9-2-4-14-5-3-9/h2-5,7H,6,8H2,1H3,(H,18,19)(H,15,16,17). The minimum absolute atomic E-state index is 0.0429. The number of nitrogens with zero attached hydrogens (tertiary/aromatic N) is 3. The molecule has 7 heteroatoms. The summed E-state index contributed by atoms with van der Waals surface area (Å²) in [4.78, 5) is 23.1. The number of nitrogens with one attached hydrogen (secondary N) is 1. The summed E-state index contributed by atoms with van der Waals surface area (Å²) >= 11 is 0. The highest BCUT2D eigenvalue weighted by Crippen LogP contribution is 2.10. The molecule has 2 N–H and O–H groups in total. The molecule has 2 heterocycles. The van der Waals surface area contributed by atoms with Gasteiger partial charge in [-0.3, -0.25) is 4.98 Å². The monoisotopic (exact) mass is 274 g/mol. The molecule has 0 aliphatic heterocycles. The van der Waals surface area contributed by atoms with Gasteiger partial charge in [0.25, 0.3) is 0 Å². The molecule has 0 saturated carbocycles. The van der Waals surface area contributed by atoms with Gasteiger partial charge in [-0.05, 0) is 17.7 Å². The van der Waals surface area contributed by atoms with E-state index < -0.39 is 5.97 Å². The van der Waals surface area contributed by atoms with Crippen molar-refractivity contribution in [3.8, 4) is 0 Å². The third-order valence-corrected chi connectivity index (χ3v) is 2.58. The second-order valence-electron chi connectivity index (χ2n) is 4.00. The average molecular weight is 274 g/mol. The maximum Gasteiger partial charge on any atom is 0.339 e. The van der Waals surface area contributed by atoms with Crippen LogP contribution in [0.1, 0.15) is 21.6 Å². The van der Waals surface area contributed by atoms with Gasteiger partial charge in [-0.15, -0.1) is 0 Å². The van der Waals surface area contributed by atoms with Crippen LogP contribution in [0, 0.1) is 0 Å². The van der Waals surface area contributed by atoms with E-state index >= 15 is 0 Å². The van der Waals surface area contributed by atoms with Gasteiger partial charge in [0.15, 0.2) is 0 Å². The molecule has 0 saturated heterocycles. The van der Waals surface area contributed by atoms with Crippen LogP contribution in [-0.2, 0) is 17.9 Å². The predicted octanol–water partition coefficient (Wildman–Crippen LogP) is 1.33. The van der Waals surface area contributed by atoms with Crippen molar-refractivity contribution in [3.05, 3.63) is 47.5 Å². The first-order valence-electron chi connectivity index (χ1n) is 5.91. The number of aromatic nitrogens is 3. The molecule has 0 radical (unpaired) electrons. The number of anilines is 1. The maximum atomic E-state index is 11.0. The molecular formula is C13H14N4O3. The van der Waals surface area contributed by atoms with Crippen LogP contribution in [0.25, 0.3) is 0 Å². The van der Waals surface area contributed by atoms with Gasteiger partial charge in [0, 0.05) is 32.2 Å². The van der Waals surface area contributed by atoms with Crippen LogP contribution >= 0.6 is 0 Å². The number of methoxy groups -OCH3 is 1. The molecule has 7 nitrogen and oxygen atoms in total. The quantitative estimate of drug-likeness (QED) is 0.820. The number of carboxylic acids is 1. The first-order valence-corrected chi connectivity index (χ1v) is 5.91. The summed E-state index contributed by atoms with van der Waals surface area (Å²) in [6, 6.07) is 3.74. The first kappa shape index (κ1) is 13.9. The van der Waals surface area contributed by atoms with Crippen LogP contribution in [0.2, 0.25) is 0 Å². The Kier molecular flexibility index (Phi) is 4.56. The number of carboxylic acid groups (broad SMARTS) is 1. The highest BCUT2D eigenvalue weighted by Gasteiger charge is 2.13. The number of hydrogen-bond donors (Lipinski definition) is 2. The smallest absolute Gasteiger partial charge is 0.339 e. The Labute approximate surface area is 115 Å². The predicted molar refractivity (Wildman–Crippen MR) is 71.3 cm³/mol. The van der Waals surface area contributed by atoms with Crippen LogP contribution in [0.3, 0.4) is 0 Å². The Morgan fingerprint density at radius 2 is 2.15 bits per heavy atom. The summed E-state index contributed by atoms with van der Waals surface area (Å²) in [5.41, 5.74) is 1.41. The number of rotatable bonds is 6. The van der Waals surface area contributed by atoms with Gasteiger partial charge in [0.2, 0.25) is 5.95 Å². The van der Waals surface area contributed by atoms with Crippen LogP contribution in [0.15, 0.2) is 30.7 Å². The molecule has 2 aromatic heterocycles. The lowest BCUT2D eigenvalue weighted by atomic mass is 10.2. The highest BCUT2D eigenvalue weighted by molar-refractivity contribution is 5.88. The van der Waals surface area contributed by atoms with Gasteiger partial charge >= 0.3 is 5.97 Å². The van der Waals surface area contributed by atoms with E-state index in [1.165, 1.54) is 13.3 Å². The molecule has 2 rings (SSSR count). The highest BCUT2D eigenvalue weighted by atomic mass is 16.5. The lowest BCUT2D eigenvalue weighted by Crippen LogP contribution is -2.11. The maximum absolute atomic E-state index is 11.0. The number of pyridine rings is 1. The van der Waals surface area contributed by atoms with Gasteiger partial charge in [-0.1, -0.05) is 0 Å². The van der Waals surface area contributed by atoms with E-state index in [-0.39, 0.29) is 12.2 Å². The van der Waals surface area contributed by atoms with Crippen molar-refractivity contribution >= 4 is 11.9 Å². The summed E-state index contributed by atoms with van der Waals surface area (Å²) in [5.74, 6) is -0.711. The molecular weight excluding hydrogens is 260 g/mol. The molecule has 0 atom stereocenters. The van der Waals surface area contributed by atoms with Gasteiger partial charge in [0.05, 0.1) is 12.3 Å². The number of hydrogen-bond acceptors (Lipinski definition) is 6. The molecule has 0 spiro atoms. The molecule has 2 aromatic rings. The van der Waals surface area contributed by atoms with Crippen molar-refractivity contribution < 1.29 is 14.6 Å². The average Bonchev–Trinajstić information content (AvgIpc) is 2.46. The topological polar surface area (TPSA) is 97.2 Å². The zero-order valence-electron chi connectivity index (χ0n) is 10.9. The Morgan fingerprint density at radius 3 is 2.80 bits per heavy atom. The fourth-order valence-corrected chi connectivity index (χ4v) is 1.61. The third-order valence-electron chi connectivity index (χ3n) is 2.58. The van der Waals surface area contributed by atoms with Crippen LogP contribution < -0.4 is 5.32 Å². The number of ether oxygens (including phenoxy) is 1. The van der Waals surface area contributed by atoms with Gasteiger partial charge in [-0.25, -0.2) is 14.8 Å². The number of carbonyl (C=O) groups is 1. The molecule has 0 aliphatic rings. The lowest BCUT2D eigenvalue weighted by molar-refractivity contribution is 0.0690. The largest absolute Gasteiger partial charge is 0.478 e. The van der Waals surface area contributed by atoms with E-state index in [4.69, 9.17) is 9.84 Å². The van der Waals surface area contributed by atoms with Crippen molar-refractivity contribution in [2.45, 2.75) is 13.2 Å². The van der Waals surface area contributed by atoms with E-state index in [1.54, 1.807) is 12.4 Å². The number of aromatic carboxylic acids is 1. The Hall–Kier alpha value is -2.54. The van der Waals surface area contributed by atoms with Crippen molar-refractivity contribution in [1.29, 1.82) is 0 Å². The van der Waals surface area contributed by atoms with E-state index in [9.17, 15) is 4.79 Å². The lowest BCUT2D eigenvalue weighted by Gasteiger charge is -2.08. The van der Waals surface area contributed by atoms with Gasteiger partial charge in [0.1, 0.15) is 5.56 Å². The minimum Gasteiger partial charge on any atom is -0.478 e. The molecule has 0 aliphatic carbocycles. The first-order chi connectivity index (χ1) is 9.70.